The second kappa shape index (κ2) is 3.97. The van der Waals surface area contributed by atoms with E-state index in [2.05, 4.69) is 15.9 Å². The van der Waals surface area contributed by atoms with Gasteiger partial charge in [-0.25, -0.2) is 0 Å². The Morgan fingerprint density at radius 1 is 1.41 bits per heavy atom. The van der Waals surface area contributed by atoms with E-state index in [9.17, 15) is 9.59 Å². The van der Waals surface area contributed by atoms with Crippen molar-refractivity contribution >= 4 is 27.9 Å². The average molecular weight is 303 g/mol. The lowest BCUT2D eigenvalue weighted by atomic mass is 9.65. The van der Waals surface area contributed by atoms with E-state index in [0.29, 0.717) is 18.8 Å². The van der Waals surface area contributed by atoms with Gasteiger partial charge in [0.25, 0.3) is 0 Å². The molecule has 17 heavy (non-hydrogen) atoms. The van der Waals surface area contributed by atoms with Crippen LogP contribution in [0.3, 0.4) is 0 Å². The van der Waals surface area contributed by atoms with Crippen molar-refractivity contribution in [2.45, 2.75) is 43.8 Å². The van der Waals surface area contributed by atoms with Gasteiger partial charge in [0.2, 0.25) is 0 Å². The minimum Gasteiger partial charge on any atom is -0.462 e. The van der Waals surface area contributed by atoms with Gasteiger partial charge >= 0.3 is 11.9 Å². The van der Waals surface area contributed by atoms with Crippen LogP contribution < -0.4 is 0 Å². The number of carbonyl (C=O) groups excluding carboxylic acids is 2. The number of carbonyl (C=O) groups is 2. The first kappa shape index (κ1) is 11.5. The van der Waals surface area contributed by atoms with Gasteiger partial charge < -0.3 is 9.47 Å². The summed E-state index contributed by atoms with van der Waals surface area (Å²) in [5.41, 5.74) is -0.437. The van der Waals surface area contributed by atoms with Crippen LogP contribution in [0.25, 0.3) is 0 Å². The van der Waals surface area contributed by atoms with Crippen LogP contribution in [0.4, 0.5) is 0 Å². The Hall–Kier alpha value is -0.580. The van der Waals surface area contributed by atoms with Crippen LogP contribution in [0.5, 0.6) is 0 Å². The highest BCUT2D eigenvalue weighted by Crippen LogP contribution is 2.51. The Morgan fingerprint density at radius 2 is 2.24 bits per heavy atom. The van der Waals surface area contributed by atoms with Crippen molar-refractivity contribution in [3.63, 3.8) is 0 Å². The molecule has 0 spiro atoms. The summed E-state index contributed by atoms with van der Waals surface area (Å²) in [6, 6.07) is 0. The summed E-state index contributed by atoms with van der Waals surface area (Å²) in [4.78, 5) is 23.3. The van der Waals surface area contributed by atoms with Crippen LogP contribution in [0.1, 0.15) is 32.1 Å². The molecule has 4 rings (SSSR count). The monoisotopic (exact) mass is 302 g/mol. The molecular weight excluding hydrogens is 288 g/mol. The topological polar surface area (TPSA) is 52.6 Å². The highest BCUT2D eigenvalue weighted by atomic mass is 79.9. The van der Waals surface area contributed by atoms with E-state index in [4.69, 9.17) is 9.47 Å². The van der Waals surface area contributed by atoms with Crippen LogP contribution in [0.2, 0.25) is 0 Å². The normalized spacial score (nSPS) is 43.1. The summed E-state index contributed by atoms with van der Waals surface area (Å²) >= 11 is 3.11. The zero-order chi connectivity index (χ0) is 12.0. The molecule has 2 heterocycles. The minimum absolute atomic E-state index is 0.0446. The average Bonchev–Trinajstić information content (AvgIpc) is 2.41. The second-order valence-electron chi connectivity index (χ2n) is 5.50. The smallest absolute Gasteiger partial charge is 0.317 e. The molecular formula is C12H15BrO4. The third-order valence-electron chi connectivity index (χ3n) is 4.15. The molecule has 4 bridgehead atoms. The molecule has 94 valence electrons. The van der Waals surface area contributed by atoms with Gasteiger partial charge in [0.1, 0.15) is 17.0 Å². The molecule has 2 aliphatic heterocycles. The van der Waals surface area contributed by atoms with Crippen molar-refractivity contribution in [3.8, 4) is 0 Å². The summed E-state index contributed by atoms with van der Waals surface area (Å²) < 4.78 is 11.0. The molecule has 0 aromatic rings. The lowest BCUT2D eigenvalue weighted by molar-refractivity contribution is -0.170. The third-order valence-corrected chi connectivity index (χ3v) is 4.61. The maximum absolute atomic E-state index is 11.8. The lowest BCUT2D eigenvalue weighted by Crippen LogP contribution is -2.48. The molecule has 0 radical (unpaired) electrons. The van der Waals surface area contributed by atoms with Gasteiger partial charge in [-0.3, -0.25) is 9.59 Å². The van der Waals surface area contributed by atoms with Crippen LogP contribution in [0, 0.1) is 11.8 Å². The predicted octanol–water partition coefficient (Wildman–Crippen LogP) is 1.80. The van der Waals surface area contributed by atoms with Crippen LogP contribution in [-0.2, 0) is 19.1 Å². The van der Waals surface area contributed by atoms with E-state index >= 15 is 0 Å². The Labute approximate surface area is 108 Å². The molecule has 2 saturated carbocycles. The molecule has 4 nitrogen and oxygen atoms in total. The van der Waals surface area contributed by atoms with Gasteiger partial charge in [-0.1, -0.05) is 15.9 Å². The van der Waals surface area contributed by atoms with Crippen molar-refractivity contribution < 1.29 is 19.1 Å². The molecule has 4 fully saturated rings. The van der Waals surface area contributed by atoms with Crippen molar-refractivity contribution in [2.24, 2.45) is 11.8 Å². The van der Waals surface area contributed by atoms with Gasteiger partial charge in [-0.2, -0.15) is 0 Å². The van der Waals surface area contributed by atoms with E-state index in [-0.39, 0.29) is 29.3 Å². The molecule has 2 aliphatic carbocycles. The first-order chi connectivity index (χ1) is 8.10. The van der Waals surface area contributed by atoms with Crippen LogP contribution >= 0.6 is 15.9 Å². The molecule has 4 aliphatic rings. The van der Waals surface area contributed by atoms with Gasteiger partial charge in [-0.05, 0) is 25.2 Å². The number of hydrogen-bond acceptors (Lipinski definition) is 4. The van der Waals surface area contributed by atoms with Crippen molar-refractivity contribution in [2.75, 3.05) is 5.33 Å². The molecule has 0 aromatic heterocycles. The SMILES string of the molecule is O=C(CBr)OC12CC3CC(C1)OC(=O)C(C3)C2. The summed E-state index contributed by atoms with van der Waals surface area (Å²) in [7, 11) is 0. The molecule has 0 amide bonds. The van der Waals surface area contributed by atoms with E-state index < -0.39 is 5.60 Å². The van der Waals surface area contributed by atoms with Crippen molar-refractivity contribution in [1.82, 2.24) is 0 Å². The Balaban J connectivity index is 1.87. The molecule has 4 atom stereocenters. The minimum atomic E-state index is -0.437. The summed E-state index contributed by atoms with van der Waals surface area (Å²) in [5.74, 6) is 0.0832. The van der Waals surface area contributed by atoms with E-state index in [1.54, 1.807) is 0 Å². The third kappa shape index (κ3) is 1.98. The maximum Gasteiger partial charge on any atom is 0.317 e. The Morgan fingerprint density at radius 3 is 3.00 bits per heavy atom. The Kier molecular flexibility index (Phi) is 2.69. The summed E-state index contributed by atoms with van der Waals surface area (Å²) in [5, 5.41) is 0.212. The zero-order valence-corrected chi connectivity index (χ0v) is 11.1. The number of rotatable bonds is 2. The number of hydrogen-bond donors (Lipinski definition) is 0. The maximum atomic E-state index is 11.8. The highest BCUT2D eigenvalue weighted by Gasteiger charge is 2.54. The number of halogens is 1. The molecule has 0 N–H and O–H groups in total. The van der Waals surface area contributed by atoms with Gasteiger partial charge in [-0.15, -0.1) is 0 Å². The first-order valence-electron chi connectivity index (χ1n) is 6.08. The quantitative estimate of drug-likeness (QED) is 0.576. The van der Waals surface area contributed by atoms with Crippen molar-refractivity contribution in [3.05, 3.63) is 0 Å². The lowest BCUT2D eigenvalue weighted by Gasteiger charge is -2.45. The fourth-order valence-corrected chi connectivity index (χ4v) is 3.88. The first-order valence-corrected chi connectivity index (χ1v) is 7.21. The highest BCUT2D eigenvalue weighted by molar-refractivity contribution is 9.09. The second-order valence-corrected chi connectivity index (χ2v) is 6.06. The van der Waals surface area contributed by atoms with Crippen LogP contribution in [-0.4, -0.2) is 29.0 Å². The number of alkyl halides is 1. The van der Waals surface area contributed by atoms with E-state index in [0.717, 1.165) is 19.3 Å². The molecule has 2 saturated heterocycles. The molecule has 5 heteroatoms. The largest absolute Gasteiger partial charge is 0.462 e. The number of esters is 2. The summed E-state index contributed by atoms with van der Waals surface area (Å²) in [6.07, 6.45) is 4.04. The zero-order valence-electron chi connectivity index (χ0n) is 9.49. The summed E-state index contributed by atoms with van der Waals surface area (Å²) in [6.45, 7) is 0. The van der Waals surface area contributed by atoms with Gasteiger partial charge in [0.15, 0.2) is 0 Å². The number of ether oxygens (including phenoxy) is 2. The standard InChI is InChI=1S/C12H15BrO4/c13-6-10(14)17-12-3-7-1-8(4-12)11(15)16-9(2-7)5-12/h7-9H,1-6H2. The van der Waals surface area contributed by atoms with Gasteiger partial charge in [0.05, 0.1) is 5.92 Å². The fourth-order valence-electron chi connectivity index (χ4n) is 3.77. The van der Waals surface area contributed by atoms with Crippen molar-refractivity contribution in [1.29, 1.82) is 0 Å². The Bertz CT molecular complexity index is 370. The molecule has 4 unspecified atom stereocenters. The van der Waals surface area contributed by atoms with Crippen LogP contribution in [0.15, 0.2) is 0 Å². The molecule has 0 aromatic carbocycles. The predicted molar refractivity (Wildman–Crippen MR) is 62.6 cm³/mol. The van der Waals surface area contributed by atoms with Gasteiger partial charge in [0, 0.05) is 12.8 Å². The van der Waals surface area contributed by atoms with E-state index in [1.807, 2.05) is 0 Å². The number of fused-ring (bicyclic) bond motifs is 1. The van der Waals surface area contributed by atoms with E-state index in [1.165, 1.54) is 0 Å². The fraction of sp³-hybridized carbons (Fsp3) is 0.833.